The first-order valence-electron chi connectivity index (χ1n) is 15.1. The summed E-state index contributed by atoms with van der Waals surface area (Å²) >= 11 is 0. The Morgan fingerprint density at radius 1 is 1.09 bits per heavy atom. The molecular formula is C35H46N2O7. The topological polar surface area (TPSA) is 103 Å². The van der Waals surface area contributed by atoms with Crippen LogP contribution in [0.15, 0.2) is 49.6 Å². The van der Waals surface area contributed by atoms with E-state index in [2.05, 4.69) is 18.5 Å². The van der Waals surface area contributed by atoms with Crippen LogP contribution in [-0.4, -0.2) is 69.4 Å². The Bertz CT molecular complexity index is 1410. The number of nitrogens with one attached hydrogen (secondary N) is 1. The summed E-state index contributed by atoms with van der Waals surface area (Å²) in [6.45, 7) is 13.6. The fraction of sp³-hybridized carbons (Fsp3) is 0.514. The Balaban J connectivity index is 1.58. The molecule has 0 spiro atoms. The Hall–Kier alpha value is -3.85. The van der Waals surface area contributed by atoms with Crippen molar-refractivity contribution in [1.82, 2.24) is 10.2 Å². The molecule has 4 rings (SSSR count). The highest BCUT2D eigenvalue weighted by molar-refractivity contribution is 5.92. The second-order valence-corrected chi connectivity index (χ2v) is 12.9. The van der Waals surface area contributed by atoms with E-state index in [0.29, 0.717) is 17.6 Å². The van der Waals surface area contributed by atoms with Gasteiger partial charge in [0.2, 0.25) is 5.91 Å². The highest BCUT2D eigenvalue weighted by Gasteiger charge is 2.53. The van der Waals surface area contributed by atoms with Crippen LogP contribution >= 0.6 is 0 Å². The number of hydrogen-bond donors (Lipinski definition) is 1. The standard InChI is InChI=1S/C35H46N2O7/c1-9-11-23-17-25(23)14-15-44-33(40)36-30(34(3,4)5)31(38)37-21-35(43-8,20-28(37)32(39)42-7)27-13-12-24-19-29(41-6)22(10-2)16-26(24)18-27/h9-10,12-13,16,18-19,23,25,28,30H,1-2,11,14-15,17,20-21H2,3-8H3,(H,36,40)/t23?,25?,28?,30-,35?/m1/s1. The van der Waals surface area contributed by atoms with Crippen LogP contribution in [-0.2, 0) is 29.4 Å². The molecule has 2 aromatic rings. The van der Waals surface area contributed by atoms with Gasteiger partial charge in [-0.25, -0.2) is 9.59 Å². The van der Waals surface area contributed by atoms with Crippen LogP contribution in [0.5, 0.6) is 5.75 Å². The van der Waals surface area contributed by atoms with E-state index in [4.69, 9.17) is 18.9 Å². The van der Waals surface area contributed by atoms with Crippen LogP contribution in [0, 0.1) is 17.3 Å². The monoisotopic (exact) mass is 606 g/mol. The predicted molar refractivity (Wildman–Crippen MR) is 170 cm³/mol. The molecule has 1 aliphatic heterocycles. The lowest BCUT2D eigenvalue weighted by Crippen LogP contribution is -2.57. The fourth-order valence-electron chi connectivity index (χ4n) is 6.28. The van der Waals surface area contributed by atoms with Crippen molar-refractivity contribution in [3.8, 4) is 5.75 Å². The van der Waals surface area contributed by atoms with Gasteiger partial charge in [0.1, 0.15) is 23.4 Å². The zero-order chi connectivity index (χ0) is 32.2. The summed E-state index contributed by atoms with van der Waals surface area (Å²) in [6.07, 6.45) is 6.05. The number of alkyl carbamates (subject to hydrolysis) is 1. The van der Waals surface area contributed by atoms with Gasteiger partial charge in [0.05, 0.1) is 27.4 Å². The molecule has 1 N–H and O–H groups in total. The van der Waals surface area contributed by atoms with E-state index < -0.39 is 41.1 Å². The van der Waals surface area contributed by atoms with Crippen molar-refractivity contribution in [2.75, 3.05) is 34.5 Å². The Kier molecular flexibility index (Phi) is 10.1. The van der Waals surface area contributed by atoms with Crippen molar-refractivity contribution in [2.45, 2.75) is 64.1 Å². The SMILES string of the molecule is C=CCC1CC1CCOC(=O)N[C@H](C(=O)N1CC(OC)(c2ccc3cc(OC)c(C=C)cc3c2)CC1C(=O)OC)C(C)(C)C. The highest BCUT2D eigenvalue weighted by Crippen LogP contribution is 2.44. The van der Waals surface area contributed by atoms with Crippen LogP contribution < -0.4 is 10.1 Å². The predicted octanol–water partition coefficient (Wildman–Crippen LogP) is 5.85. The van der Waals surface area contributed by atoms with Gasteiger partial charge in [0.25, 0.3) is 0 Å². The van der Waals surface area contributed by atoms with Crippen LogP contribution in [0.1, 0.15) is 57.6 Å². The smallest absolute Gasteiger partial charge is 0.407 e. The quantitative estimate of drug-likeness (QED) is 0.239. The minimum Gasteiger partial charge on any atom is -0.496 e. The van der Waals surface area contributed by atoms with Gasteiger partial charge in [-0.05, 0) is 71.0 Å². The van der Waals surface area contributed by atoms with Crippen molar-refractivity contribution >= 4 is 34.8 Å². The molecule has 1 aliphatic carbocycles. The zero-order valence-corrected chi connectivity index (χ0v) is 26.8. The van der Waals surface area contributed by atoms with Crippen molar-refractivity contribution in [1.29, 1.82) is 0 Å². The second kappa shape index (κ2) is 13.4. The first kappa shape index (κ1) is 33.1. The minimum atomic E-state index is -0.994. The number of rotatable bonds is 12. The summed E-state index contributed by atoms with van der Waals surface area (Å²) in [4.78, 5) is 41.7. The van der Waals surface area contributed by atoms with Crippen LogP contribution in [0.25, 0.3) is 16.8 Å². The van der Waals surface area contributed by atoms with Crippen LogP contribution in [0.3, 0.4) is 0 Å². The number of amides is 2. The summed E-state index contributed by atoms with van der Waals surface area (Å²) in [5.41, 5.74) is -0.0130. The van der Waals surface area contributed by atoms with Crippen molar-refractivity contribution in [2.24, 2.45) is 17.3 Å². The maximum atomic E-state index is 14.2. The summed E-state index contributed by atoms with van der Waals surface area (Å²) in [6, 6.07) is 7.97. The molecule has 2 aliphatic rings. The number of allylic oxidation sites excluding steroid dienone is 1. The van der Waals surface area contributed by atoms with Gasteiger partial charge in [0, 0.05) is 19.1 Å². The molecule has 4 unspecified atom stereocenters. The number of fused-ring (bicyclic) bond motifs is 1. The van der Waals surface area contributed by atoms with Crippen LogP contribution in [0.4, 0.5) is 4.79 Å². The Morgan fingerprint density at radius 3 is 2.45 bits per heavy atom. The molecule has 0 bridgehead atoms. The maximum absolute atomic E-state index is 14.2. The number of nitrogens with zero attached hydrogens (tertiary/aromatic N) is 1. The first-order chi connectivity index (χ1) is 20.9. The van der Waals surface area contributed by atoms with Crippen LogP contribution in [0.2, 0.25) is 0 Å². The van der Waals surface area contributed by atoms with E-state index in [0.717, 1.165) is 41.2 Å². The third-order valence-electron chi connectivity index (χ3n) is 9.04. The lowest BCUT2D eigenvalue weighted by Gasteiger charge is -2.35. The molecule has 1 saturated heterocycles. The lowest BCUT2D eigenvalue weighted by atomic mass is 9.85. The first-order valence-corrected chi connectivity index (χ1v) is 15.1. The zero-order valence-electron chi connectivity index (χ0n) is 26.8. The lowest BCUT2D eigenvalue weighted by molar-refractivity contribution is -0.152. The van der Waals surface area contributed by atoms with E-state index in [1.54, 1.807) is 20.3 Å². The summed E-state index contributed by atoms with van der Waals surface area (Å²) in [5, 5.41) is 4.69. The Labute approximate surface area is 260 Å². The summed E-state index contributed by atoms with van der Waals surface area (Å²) in [5.74, 6) is 0.911. The molecule has 44 heavy (non-hydrogen) atoms. The fourth-order valence-corrected chi connectivity index (χ4v) is 6.28. The Morgan fingerprint density at radius 2 is 1.84 bits per heavy atom. The van der Waals surface area contributed by atoms with E-state index in [1.165, 1.54) is 12.0 Å². The molecule has 2 fully saturated rings. The molecule has 9 heteroatoms. The van der Waals surface area contributed by atoms with Gasteiger partial charge in [-0.3, -0.25) is 4.79 Å². The molecule has 2 aromatic carbocycles. The summed E-state index contributed by atoms with van der Waals surface area (Å²) in [7, 11) is 4.49. The van der Waals surface area contributed by atoms with E-state index in [-0.39, 0.29) is 19.6 Å². The van der Waals surface area contributed by atoms with Gasteiger partial charge in [-0.1, -0.05) is 51.6 Å². The molecule has 238 valence electrons. The minimum absolute atomic E-state index is 0.0910. The van der Waals surface area contributed by atoms with Gasteiger partial charge in [-0.15, -0.1) is 6.58 Å². The third kappa shape index (κ3) is 6.93. The van der Waals surface area contributed by atoms with Gasteiger partial charge in [0.15, 0.2) is 0 Å². The molecule has 0 aromatic heterocycles. The number of esters is 1. The van der Waals surface area contributed by atoms with E-state index in [1.807, 2.05) is 57.2 Å². The molecule has 9 nitrogen and oxygen atoms in total. The average Bonchev–Trinajstić information content (AvgIpc) is 3.62. The number of hydrogen-bond acceptors (Lipinski definition) is 7. The van der Waals surface area contributed by atoms with Crippen molar-refractivity contribution in [3.63, 3.8) is 0 Å². The second-order valence-electron chi connectivity index (χ2n) is 12.9. The number of methoxy groups -OCH3 is 3. The van der Waals surface area contributed by atoms with Gasteiger partial charge >= 0.3 is 12.1 Å². The molecule has 1 heterocycles. The number of carbonyl (C=O) groups is 3. The maximum Gasteiger partial charge on any atom is 0.407 e. The summed E-state index contributed by atoms with van der Waals surface area (Å²) < 4.78 is 22.2. The molecule has 5 atom stereocenters. The normalized spacial score (nSPS) is 23.5. The molecular weight excluding hydrogens is 560 g/mol. The largest absolute Gasteiger partial charge is 0.496 e. The molecule has 1 saturated carbocycles. The van der Waals surface area contributed by atoms with Crippen molar-refractivity contribution < 1.29 is 33.3 Å². The number of carbonyl (C=O) groups excluding carboxylic acids is 3. The van der Waals surface area contributed by atoms with Gasteiger partial charge < -0.3 is 29.2 Å². The van der Waals surface area contributed by atoms with Crippen molar-refractivity contribution in [3.05, 3.63) is 60.7 Å². The highest BCUT2D eigenvalue weighted by atomic mass is 16.5. The van der Waals surface area contributed by atoms with E-state index >= 15 is 0 Å². The van der Waals surface area contributed by atoms with E-state index in [9.17, 15) is 14.4 Å². The molecule has 2 amide bonds. The molecule has 0 radical (unpaired) electrons. The average molecular weight is 607 g/mol. The number of ether oxygens (including phenoxy) is 4. The number of benzene rings is 2. The third-order valence-corrected chi connectivity index (χ3v) is 9.04. The number of likely N-dealkylation sites (tertiary alicyclic amines) is 1. The van der Waals surface area contributed by atoms with Gasteiger partial charge in [-0.2, -0.15) is 0 Å².